The molecule has 0 amide bonds. The molecule has 8 heteroatoms. The maximum atomic E-state index is 12.1. The molecule has 1 aromatic heterocycles. The van der Waals surface area contributed by atoms with Gasteiger partial charge in [-0.05, 0) is 18.9 Å². The molecule has 2 heterocycles. The molecule has 0 radical (unpaired) electrons. The van der Waals surface area contributed by atoms with Crippen LogP contribution in [0, 0.1) is 5.41 Å². The summed E-state index contributed by atoms with van der Waals surface area (Å²) in [6.45, 7) is 0.543. The van der Waals surface area contributed by atoms with Crippen LogP contribution in [0.1, 0.15) is 12.8 Å². The lowest BCUT2D eigenvalue weighted by Crippen LogP contribution is -2.46. The minimum absolute atomic E-state index is 0.122. The van der Waals surface area contributed by atoms with Crippen LogP contribution in [-0.4, -0.2) is 43.8 Å². The minimum Gasteiger partial charge on any atom is -0.481 e. The van der Waals surface area contributed by atoms with Crippen molar-refractivity contribution in [2.45, 2.75) is 17.7 Å². The molecule has 1 aliphatic heterocycles. The van der Waals surface area contributed by atoms with Crippen molar-refractivity contribution in [3.63, 3.8) is 0 Å². The monoisotopic (exact) mass is 302 g/mol. The van der Waals surface area contributed by atoms with Crippen LogP contribution in [0.2, 0.25) is 0 Å². The summed E-state index contributed by atoms with van der Waals surface area (Å²) in [6, 6.07) is 1.47. The van der Waals surface area contributed by atoms with Crippen LogP contribution in [-0.2, 0) is 26.6 Å². The number of rotatable bonds is 5. The number of carbonyl (C=O) groups is 1. The summed E-state index contributed by atoms with van der Waals surface area (Å²) in [6.07, 6.45) is 3.70. The molecule has 0 saturated carbocycles. The fourth-order valence-electron chi connectivity index (χ4n) is 2.18. The molecule has 0 atom stereocenters. The fraction of sp³-hybridized carbons (Fsp3) is 0.583. The molecular formula is C12H18N2O5S. The molecule has 0 bridgehead atoms. The number of ether oxygens (including phenoxy) is 1. The van der Waals surface area contributed by atoms with Gasteiger partial charge in [0.25, 0.3) is 0 Å². The zero-order valence-corrected chi connectivity index (χ0v) is 12.0. The normalized spacial score (nSPS) is 18.9. The number of aryl methyl sites for hydroxylation is 1. The summed E-state index contributed by atoms with van der Waals surface area (Å²) in [5.74, 6) is -0.989. The third-order valence-corrected chi connectivity index (χ3v) is 5.01. The zero-order valence-electron chi connectivity index (χ0n) is 11.2. The molecule has 2 N–H and O–H groups in total. The van der Waals surface area contributed by atoms with E-state index in [0.29, 0.717) is 26.1 Å². The Hall–Kier alpha value is -1.38. The largest absolute Gasteiger partial charge is 0.481 e. The van der Waals surface area contributed by atoms with Crippen LogP contribution in [0.25, 0.3) is 0 Å². The van der Waals surface area contributed by atoms with Crippen LogP contribution < -0.4 is 4.72 Å². The predicted molar refractivity (Wildman–Crippen MR) is 70.7 cm³/mol. The maximum absolute atomic E-state index is 12.1. The number of nitrogens with zero attached hydrogens (tertiary/aromatic N) is 1. The first kappa shape index (κ1) is 15.0. The summed E-state index contributed by atoms with van der Waals surface area (Å²) in [5.41, 5.74) is -1.08. The molecule has 1 aliphatic rings. The molecule has 0 aliphatic carbocycles. The maximum Gasteiger partial charge on any atom is 0.311 e. The average molecular weight is 302 g/mol. The standard InChI is InChI=1S/C12H18N2O5S/c1-14-5-2-10(8-14)20(17,18)13-9-12(11(15)16)3-6-19-7-4-12/h2,5,8,13H,3-4,6-7,9H2,1H3,(H,15,16). The van der Waals surface area contributed by atoms with Crippen molar-refractivity contribution in [3.8, 4) is 0 Å². The van der Waals surface area contributed by atoms with E-state index < -0.39 is 21.4 Å². The molecule has 1 saturated heterocycles. The van der Waals surface area contributed by atoms with Crippen molar-refractivity contribution in [2.75, 3.05) is 19.8 Å². The van der Waals surface area contributed by atoms with Gasteiger partial charge in [-0.15, -0.1) is 0 Å². The third kappa shape index (κ3) is 3.02. The van der Waals surface area contributed by atoms with E-state index in [1.165, 1.54) is 12.3 Å². The molecule has 7 nitrogen and oxygen atoms in total. The van der Waals surface area contributed by atoms with Gasteiger partial charge in [-0.3, -0.25) is 4.79 Å². The van der Waals surface area contributed by atoms with E-state index in [1.54, 1.807) is 17.8 Å². The van der Waals surface area contributed by atoms with Gasteiger partial charge in [-0.1, -0.05) is 0 Å². The molecule has 0 aromatic carbocycles. The van der Waals surface area contributed by atoms with Crippen molar-refractivity contribution in [1.82, 2.24) is 9.29 Å². The lowest BCUT2D eigenvalue weighted by Gasteiger charge is -2.32. The Morgan fingerprint density at radius 3 is 2.65 bits per heavy atom. The molecule has 20 heavy (non-hydrogen) atoms. The molecule has 2 rings (SSSR count). The summed E-state index contributed by atoms with van der Waals surface area (Å²) in [7, 11) is -1.97. The van der Waals surface area contributed by atoms with Crippen molar-refractivity contribution < 1.29 is 23.1 Å². The van der Waals surface area contributed by atoms with Crippen LogP contribution in [0.5, 0.6) is 0 Å². The Kier molecular flexibility index (Phi) is 4.17. The van der Waals surface area contributed by atoms with Crippen molar-refractivity contribution >= 4 is 16.0 Å². The number of nitrogens with one attached hydrogen (secondary N) is 1. The first-order chi connectivity index (χ1) is 9.36. The van der Waals surface area contributed by atoms with Gasteiger partial charge in [0.15, 0.2) is 0 Å². The highest BCUT2D eigenvalue weighted by molar-refractivity contribution is 7.89. The summed E-state index contributed by atoms with van der Waals surface area (Å²) in [5, 5.41) is 9.37. The SMILES string of the molecule is Cn1ccc(S(=O)(=O)NCC2(C(=O)O)CCOCC2)c1. The molecule has 112 valence electrons. The molecule has 0 spiro atoms. The second kappa shape index (κ2) is 5.55. The Morgan fingerprint density at radius 2 is 2.15 bits per heavy atom. The van der Waals surface area contributed by atoms with Gasteiger partial charge < -0.3 is 14.4 Å². The summed E-state index contributed by atoms with van der Waals surface area (Å²) >= 11 is 0. The summed E-state index contributed by atoms with van der Waals surface area (Å²) in [4.78, 5) is 11.6. The predicted octanol–water partition coefficient (Wildman–Crippen LogP) is 0.185. The number of sulfonamides is 1. The van der Waals surface area contributed by atoms with Gasteiger partial charge in [0.2, 0.25) is 10.0 Å². The third-order valence-electron chi connectivity index (χ3n) is 3.62. The minimum atomic E-state index is -3.69. The van der Waals surface area contributed by atoms with E-state index >= 15 is 0 Å². The van der Waals surface area contributed by atoms with Crippen LogP contribution >= 0.6 is 0 Å². The van der Waals surface area contributed by atoms with Gasteiger partial charge in [0, 0.05) is 39.2 Å². The summed E-state index contributed by atoms with van der Waals surface area (Å²) < 4.78 is 33.4. The second-order valence-electron chi connectivity index (χ2n) is 5.04. The van der Waals surface area contributed by atoms with E-state index in [-0.39, 0.29) is 11.4 Å². The van der Waals surface area contributed by atoms with Crippen LogP contribution in [0.15, 0.2) is 23.4 Å². The van der Waals surface area contributed by atoms with Gasteiger partial charge in [0.05, 0.1) is 10.3 Å². The number of hydrogen-bond acceptors (Lipinski definition) is 4. The topological polar surface area (TPSA) is 97.6 Å². The number of aliphatic carboxylic acids is 1. The lowest BCUT2D eigenvalue weighted by atomic mass is 9.80. The van der Waals surface area contributed by atoms with Crippen molar-refractivity contribution in [2.24, 2.45) is 12.5 Å². The molecule has 0 unspecified atom stereocenters. The van der Waals surface area contributed by atoms with E-state index in [2.05, 4.69) is 4.72 Å². The van der Waals surface area contributed by atoms with Crippen LogP contribution in [0.4, 0.5) is 0 Å². The smallest absolute Gasteiger partial charge is 0.311 e. The Morgan fingerprint density at radius 1 is 1.50 bits per heavy atom. The van der Waals surface area contributed by atoms with Crippen molar-refractivity contribution in [3.05, 3.63) is 18.5 Å². The Balaban J connectivity index is 2.11. The Bertz CT molecular complexity index is 587. The van der Waals surface area contributed by atoms with E-state index in [1.807, 2.05) is 0 Å². The zero-order chi connectivity index (χ0) is 14.8. The molecule has 1 aromatic rings. The highest BCUT2D eigenvalue weighted by Gasteiger charge is 2.41. The quantitative estimate of drug-likeness (QED) is 0.809. The van der Waals surface area contributed by atoms with E-state index in [9.17, 15) is 18.3 Å². The van der Waals surface area contributed by atoms with E-state index in [4.69, 9.17) is 4.74 Å². The van der Waals surface area contributed by atoms with Gasteiger partial charge in [-0.25, -0.2) is 13.1 Å². The van der Waals surface area contributed by atoms with Gasteiger partial charge in [-0.2, -0.15) is 0 Å². The van der Waals surface area contributed by atoms with Gasteiger partial charge >= 0.3 is 5.97 Å². The number of aromatic nitrogens is 1. The first-order valence-electron chi connectivity index (χ1n) is 6.29. The number of hydrogen-bond donors (Lipinski definition) is 2. The molecular weight excluding hydrogens is 284 g/mol. The highest BCUT2D eigenvalue weighted by Crippen LogP contribution is 2.30. The van der Waals surface area contributed by atoms with Crippen molar-refractivity contribution in [1.29, 1.82) is 0 Å². The van der Waals surface area contributed by atoms with Crippen LogP contribution in [0.3, 0.4) is 0 Å². The number of carboxylic acids is 1. The van der Waals surface area contributed by atoms with E-state index in [0.717, 1.165) is 0 Å². The first-order valence-corrected chi connectivity index (χ1v) is 7.77. The van der Waals surface area contributed by atoms with Gasteiger partial charge in [0.1, 0.15) is 0 Å². The second-order valence-corrected chi connectivity index (χ2v) is 6.80. The lowest BCUT2D eigenvalue weighted by molar-refractivity contribution is -0.154. The average Bonchev–Trinajstić information content (AvgIpc) is 2.85. The number of carboxylic acid groups (broad SMARTS) is 1. The Labute approximate surface area is 117 Å². The highest BCUT2D eigenvalue weighted by atomic mass is 32.2. The molecule has 1 fully saturated rings. The fourth-order valence-corrected chi connectivity index (χ4v) is 3.36.